The maximum absolute atomic E-state index is 14.4. The lowest BCUT2D eigenvalue weighted by Crippen LogP contribution is -2.69. The summed E-state index contributed by atoms with van der Waals surface area (Å²) >= 11 is 0. The molecule has 598 valence electrons. The second-order valence-corrected chi connectivity index (χ2v) is 30.3. The first-order valence-electron chi connectivity index (χ1n) is 40.2. The van der Waals surface area contributed by atoms with E-state index in [1.165, 1.54) is 192 Å². The molecule has 0 radical (unpaired) electrons. The highest BCUT2D eigenvalue weighted by Gasteiger charge is 2.58. The van der Waals surface area contributed by atoms with E-state index in [9.17, 15) is 74.9 Å². The number of unbranched alkanes of at least 4 members (excludes halogenated alkanes) is 41. The van der Waals surface area contributed by atoms with E-state index in [0.29, 0.717) is 12.8 Å². The Kier molecular flexibility index (Phi) is 53.7. The SMILES string of the molecule is CCCCCCCCCCCCC/C=C/C=C/C(=O)OCC1OC(OC2C(O)C(O)C(O)C(OC3OC(CO)C(O)C(O)C3O)C2OP(=O)(O)OCC(COC(=O)CCCCCCCCCCCCCCCCCCC)OC(=O)CCCCCCCCCCCCCCCCC)C(O)C(O)C1O. The number of hydrogen-bond donors (Lipinski definition) is 11. The second kappa shape index (κ2) is 58.5. The van der Waals surface area contributed by atoms with Gasteiger partial charge in [0.05, 0.1) is 13.2 Å². The van der Waals surface area contributed by atoms with E-state index < -0.39 is 156 Å². The number of esters is 3. The lowest BCUT2D eigenvalue weighted by molar-refractivity contribution is -0.360. The van der Waals surface area contributed by atoms with E-state index in [1.807, 2.05) is 6.08 Å². The minimum absolute atomic E-state index is 0.0380. The molecule has 18 atom stereocenters. The minimum Gasteiger partial charge on any atom is -0.462 e. The maximum Gasteiger partial charge on any atom is 0.472 e. The molecule has 1 aliphatic carbocycles. The summed E-state index contributed by atoms with van der Waals surface area (Å²) in [6.07, 6.45) is 21.4. The van der Waals surface area contributed by atoms with Gasteiger partial charge in [0.1, 0.15) is 98.7 Å². The standard InChI is InChI=1S/C77H141O24P/c1-4-7-10-13-16-19-22-25-28-29-32-34-36-39-42-45-48-51-61(79)93-55-58(96-63(81)53-50-47-44-41-38-35-31-27-24-21-18-15-12-9-6-3)56-95-102(91,92)101-75-73(99-76-71(89)66(84)64(82)59(54-78)97-76)69(87)68(86)70(88)74(75)100-77-72(90)67(85)65(83)60(98-77)57-94-62(80)52-49-46-43-40-37-33-30-26-23-20-17-14-11-8-5-2/h43,46,49,52,58-60,64-78,82-90H,4-42,44-45,47-48,50-51,53-57H2,1-3H3,(H,91,92)/b46-43+,52-49+. The third-order valence-electron chi connectivity index (χ3n) is 19.8. The van der Waals surface area contributed by atoms with E-state index in [-0.39, 0.29) is 12.8 Å². The number of rotatable bonds is 63. The Bertz CT molecular complexity index is 2190. The maximum atomic E-state index is 14.4. The molecule has 102 heavy (non-hydrogen) atoms. The Morgan fingerprint density at radius 2 is 0.755 bits per heavy atom. The van der Waals surface area contributed by atoms with Crippen molar-refractivity contribution >= 4 is 25.7 Å². The number of carbonyl (C=O) groups is 3. The fourth-order valence-corrected chi connectivity index (χ4v) is 14.3. The van der Waals surface area contributed by atoms with Gasteiger partial charge in [-0.15, -0.1) is 0 Å². The highest BCUT2D eigenvalue weighted by molar-refractivity contribution is 7.47. The molecule has 3 aliphatic rings. The minimum atomic E-state index is -5.71. The van der Waals surface area contributed by atoms with Gasteiger partial charge in [0.2, 0.25) is 0 Å². The van der Waals surface area contributed by atoms with E-state index in [1.54, 1.807) is 6.08 Å². The zero-order chi connectivity index (χ0) is 74.6. The highest BCUT2D eigenvalue weighted by atomic mass is 31.2. The number of allylic oxidation sites excluding steroid dienone is 3. The van der Waals surface area contributed by atoms with Gasteiger partial charge in [-0.05, 0) is 25.7 Å². The summed E-state index contributed by atoms with van der Waals surface area (Å²) in [7, 11) is -5.71. The Balaban J connectivity index is 1.72. The predicted molar refractivity (Wildman–Crippen MR) is 388 cm³/mol. The van der Waals surface area contributed by atoms with Crippen LogP contribution in [0.3, 0.4) is 0 Å². The molecular weight excluding hydrogens is 1340 g/mol. The summed E-state index contributed by atoms with van der Waals surface area (Å²) in [5, 5.41) is 110. The Morgan fingerprint density at radius 1 is 0.402 bits per heavy atom. The summed E-state index contributed by atoms with van der Waals surface area (Å²) in [6, 6.07) is 0. The number of aliphatic hydroxyl groups excluding tert-OH is 10. The molecule has 18 unspecified atom stereocenters. The average Bonchev–Trinajstić information content (AvgIpc) is 0.761. The van der Waals surface area contributed by atoms with Gasteiger partial charge in [0.15, 0.2) is 18.7 Å². The molecule has 3 rings (SSSR count). The van der Waals surface area contributed by atoms with Crippen LogP contribution in [0.15, 0.2) is 24.3 Å². The topological polar surface area (TPSA) is 374 Å². The van der Waals surface area contributed by atoms with Crippen molar-refractivity contribution in [2.75, 3.05) is 26.4 Å². The monoisotopic (exact) mass is 1480 g/mol. The normalized spacial score (nSPS) is 27.1. The van der Waals surface area contributed by atoms with Crippen molar-refractivity contribution < 1.29 is 117 Å². The third kappa shape index (κ3) is 40.6. The van der Waals surface area contributed by atoms with Gasteiger partial charge in [-0.2, -0.15) is 0 Å². The lowest BCUT2D eigenvalue weighted by atomic mass is 9.84. The Labute approximate surface area is 611 Å². The van der Waals surface area contributed by atoms with Gasteiger partial charge in [-0.25, -0.2) is 9.36 Å². The van der Waals surface area contributed by atoms with Crippen LogP contribution in [0.25, 0.3) is 0 Å². The van der Waals surface area contributed by atoms with Crippen molar-refractivity contribution in [3.63, 3.8) is 0 Å². The summed E-state index contributed by atoms with van der Waals surface area (Å²) in [5.41, 5.74) is 0. The van der Waals surface area contributed by atoms with Crippen LogP contribution >= 0.6 is 7.82 Å². The Hall–Kier alpha value is -2.56. The molecule has 3 fully saturated rings. The summed E-state index contributed by atoms with van der Waals surface area (Å²) in [5.74, 6) is -2.21. The van der Waals surface area contributed by atoms with Crippen molar-refractivity contribution in [2.45, 2.75) is 420 Å². The van der Waals surface area contributed by atoms with Crippen LogP contribution in [0.1, 0.15) is 316 Å². The van der Waals surface area contributed by atoms with Crippen molar-refractivity contribution in [3.8, 4) is 0 Å². The van der Waals surface area contributed by atoms with Crippen molar-refractivity contribution in [2.24, 2.45) is 0 Å². The van der Waals surface area contributed by atoms with E-state index >= 15 is 0 Å². The molecule has 2 heterocycles. The summed E-state index contributed by atoms with van der Waals surface area (Å²) in [4.78, 5) is 51.0. The largest absolute Gasteiger partial charge is 0.472 e. The van der Waals surface area contributed by atoms with Crippen LogP contribution in [0.4, 0.5) is 0 Å². The highest BCUT2D eigenvalue weighted by Crippen LogP contribution is 2.49. The van der Waals surface area contributed by atoms with Gasteiger partial charge in [0.25, 0.3) is 0 Å². The molecule has 0 spiro atoms. The number of carbonyl (C=O) groups excluding carboxylic acids is 3. The smallest absolute Gasteiger partial charge is 0.462 e. The number of hydrogen-bond acceptors (Lipinski definition) is 23. The fourth-order valence-electron chi connectivity index (χ4n) is 13.3. The molecule has 0 aromatic heterocycles. The van der Waals surface area contributed by atoms with E-state index in [0.717, 1.165) is 89.5 Å². The van der Waals surface area contributed by atoms with Gasteiger partial charge in [-0.3, -0.25) is 18.6 Å². The van der Waals surface area contributed by atoms with Crippen LogP contribution in [0.2, 0.25) is 0 Å². The summed E-state index contributed by atoms with van der Waals surface area (Å²) < 4.78 is 65.0. The quantitative estimate of drug-likeness (QED) is 0.00673. The van der Waals surface area contributed by atoms with Crippen molar-refractivity contribution in [1.82, 2.24) is 0 Å². The van der Waals surface area contributed by atoms with Crippen LogP contribution in [0, 0.1) is 0 Å². The summed E-state index contributed by atoms with van der Waals surface area (Å²) in [6.45, 7) is 3.41. The van der Waals surface area contributed by atoms with Gasteiger partial charge in [-0.1, -0.05) is 296 Å². The lowest BCUT2D eigenvalue weighted by Gasteiger charge is -2.49. The molecule has 2 aliphatic heterocycles. The van der Waals surface area contributed by atoms with Crippen LogP contribution < -0.4 is 0 Å². The molecule has 0 aromatic carbocycles. The van der Waals surface area contributed by atoms with E-state index in [2.05, 4.69) is 20.8 Å². The molecule has 1 saturated carbocycles. The van der Waals surface area contributed by atoms with Gasteiger partial charge in [0, 0.05) is 18.9 Å². The number of phosphoric ester groups is 1. The predicted octanol–water partition coefficient (Wildman–Crippen LogP) is 12.1. The van der Waals surface area contributed by atoms with Crippen LogP contribution in [-0.2, 0) is 61.2 Å². The first kappa shape index (κ1) is 93.6. The number of ether oxygens (including phenoxy) is 7. The molecule has 0 amide bonds. The molecule has 0 aromatic rings. The first-order chi connectivity index (χ1) is 49.3. The second-order valence-electron chi connectivity index (χ2n) is 28.9. The number of aliphatic hydroxyl groups is 10. The molecule has 25 heteroatoms. The van der Waals surface area contributed by atoms with Crippen molar-refractivity contribution in [3.05, 3.63) is 24.3 Å². The zero-order valence-electron chi connectivity index (χ0n) is 62.7. The van der Waals surface area contributed by atoms with Crippen molar-refractivity contribution in [1.29, 1.82) is 0 Å². The zero-order valence-corrected chi connectivity index (χ0v) is 63.5. The molecule has 0 bridgehead atoms. The third-order valence-corrected chi connectivity index (χ3v) is 20.8. The fraction of sp³-hybridized carbons (Fsp3) is 0.909. The van der Waals surface area contributed by atoms with Gasteiger partial charge >= 0.3 is 25.7 Å². The first-order valence-corrected chi connectivity index (χ1v) is 41.7. The molecule has 24 nitrogen and oxygen atoms in total. The number of phosphoric acid groups is 1. The van der Waals surface area contributed by atoms with Crippen LogP contribution in [-0.4, -0.2) is 204 Å². The van der Waals surface area contributed by atoms with Crippen LogP contribution in [0.5, 0.6) is 0 Å². The van der Waals surface area contributed by atoms with E-state index in [4.69, 9.17) is 42.2 Å². The average molecular weight is 1480 g/mol. The molecule has 11 N–H and O–H groups in total. The van der Waals surface area contributed by atoms with Gasteiger partial charge < -0.3 is 89.1 Å². The molecular formula is C77H141O24P. The Morgan fingerprint density at radius 3 is 1.16 bits per heavy atom. The molecule has 2 saturated heterocycles.